The summed E-state index contributed by atoms with van der Waals surface area (Å²) in [7, 11) is 0. The summed E-state index contributed by atoms with van der Waals surface area (Å²) in [5.41, 5.74) is 1.38. The number of carbonyl (C=O) groups excluding carboxylic acids is 1. The van der Waals surface area contributed by atoms with Gasteiger partial charge in [-0.3, -0.25) is 0 Å². The van der Waals surface area contributed by atoms with Crippen LogP contribution in [0.15, 0.2) is 23.8 Å². The van der Waals surface area contributed by atoms with E-state index in [1.165, 1.54) is 37.7 Å². The van der Waals surface area contributed by atoms with Gasteiger partial charge in [-0.25, -0.2) is 0 Å². The Morgan fingerprint density at radius 3 is 2.13 bits per heavy atom. The maximum atomic E-state index is 10.1. The molecule has 1 fully saturated rings. The SMILES string of the molecule is O=C([O-])/C=C\C=C1CCCCCCC1.[Na+]. The predicted octanol–water partition coefficient (Wildman–Crippen LogP) is -1.03. The number of carbonyl (C=O) groups is 1. The molecule has 0 heterocycles. The Kier molecular flexibility index (Phi) is 9.17. The van der Waals surface area contributed by atoms with E-state index in [4.69, 9.17) is 0 Å². The molecule has 0 saturated heterocycles. The van der Waals surface area contributed by atoms with Crippen LogP contribution in [0.25, 0.3) is 0 Å². The molecule has 1 rings (SSSR count). The van der Waals surface area contributed by atoms with Crippen molar-refractivity contribution in [3.05, 3.63) is 23.8 Å². The summed E-state index contributed by atoms with van der Waals surface area (Å²) in [5, 5.41) is 10.1. The van der Waals surface area contributed by atoms with Crippen molar-refractivity contribution in [2.75, 3.05) is 0 Å². The minimum atomic E-state index is -1.12. The Balaban J connectivity index is 0.00000196. The molecule has 1 aliphatic rings. The van der Waals surface area contributed by atoms with Gasteiger partial charge in [-0.1, -0.05) is 37.0 Å². The van der Waals surface area contributed by atoms with Crippen LogP contribution in [-0.2, 0) is 4.79 Å². The van der Waals surface area contributed by atoms with Gasteiger partial charge in [0.05, 0.1) is 5.97 Å². The molecule has 0 aliphatic heterocycles. The molecular formula is C12H17NaO2. The largest absolute Gasteiger partial charge is 1.00 e. The molecule has 0 aromatic rings. The number of carboxylic acid groups (broad SMARTS) is 1. The quantitative estimate of drug-likeness (QED) is 0.437. The maximum Gasteiger partial charge on any atom is 1.00 e. The zero-order valence-electron chi connectivity index (χ0n) is 9.50. The van der Waals surface area contributed by atoms with Crippen LogP contribution in [0.1, 0.15) is 44.9 Å². The van der Waals surface area contributed by atoms with Gasteiger partial charge in [0.25, 0.3) is 0 Å². The van der Waals surface area contributed by atoms with Gasteiger partial charge in [0.2, 0.25) is 0 Å². The van der Waals surface area contributed by atoms with E-state index in [1.54, 1.807) is 6.08 Å². The molecule has 1 saturated carbocycles. The average molecular weight is 216 g/mol. The minimum Gasteiger partial charge on any atom is -0.545 e. The van der Waals surface area contributed by atoms with Crippen molar-refractivity contribution >= 4 is 5.97 Å². The van der Waals surface area contributed by atoms with Crippen LogP contribution in [0.4, 0.5) is 0 Å². The van der Waals surface area contributed by atoms with Gasteiger partial charge in [-0.2, -0.15) is 0 Å². The van der Waals surface area contributed by atoms with Gasteiger partial charge in [-0.15, -0.1) is 0 Å². The molecular weight excluding hydrogens is 199 g/mol. The smallest absolute Gasteiger partial charge is 0.545 e. The van der Waals surface area contributed by atoms with E-state index in [9.17, 15) is 9.90 Å². The summed E-state index contributed by atoms with van der Waals surface area (Å²) < 4.78 is 0. The van der Waals surface area contributed by atoms with Crippen LogP contribution >= 0.6 is 0 Å². The molecule has 0 aromatic heterocycles. The number of hydrogen-bond acceptors (Lipinski definition) is 2. The van der Waals surface area contributed by atoms with E-state index in [1.807, 2.05) is 6.08 Å². The second-order valence-electron chi connectivity index (χ2n) is 3.77. The molecule has 0 spiro atoms. The van der Waals surface area contributed by atoms with E-state index in [0.717, 1.165) is 18.9 Å². The second kappa shape index (κ2) is 9.20. The van der Waals surface area contributed by atoms with Crippen molar-refractivity contribution in [3.63, 3.8) is 0 Å². The van der Waals surface area contributed by atoms with E-state index in [-0.39, 0.29) is 29.6 Å². The third-order valence-electron chi connectivity index (χ3n) is 2.56. The summed E-state index contributed by atoms with van der Waals surface area (Å²) in [6.07, 6.45) is 13.3. The van der Waals surface area contributed by atoms with Crippen LogP contribution in [0.5, 0.6) is 0 Å². The Labute approximate surface area is 114 Å². The Bertz CT molecular complexity index is 234. The predicted molar refractivity (Wildman–Crippen MR) is 54.5 cm³/mol. The first-order valence-corrected chi connectivity index (χ1v) is 5.36. The Morgan fingerprint density at radius 2 is 1.60 bits per heavy atom. The molecule has 78 valence electrons. The molecule has 0 aromatic carbocycles. The standard InChI is InChI=1S/C12H18O2.Na/c13-12(14)10-6-9-11-7-4-2-1-3-5-8-11;/h6,9-10H,1-5,7-8H2,(H,13,14);/q;+1/p-1/b10-6-;. The Hall–Kier alpha value is -0.0500. The van der Waals surface area contributed by atoms with Crippen LogP contribution in [-0.4, -0.2) is 5.97 Å². The molecule has 0 unspecified atom stereocenters. The zero-order chi connectivity index (χ0) is 10.2. The summed E-state index contributed by atoms with van der Waals surface area (Å²) in [6.45, 7) is 0. The number of allylic oxidation sites excluding steroid dienone is 3. The molecule has 15 heavy (non-hydrogen) atoms. The van der Waals surface area contributed by atoms with Crippen molar-refractivity contribution in [1.82, 2.24) is 0 Å². The average Bonchev–Trinajstić information content (AvgIpc) is 2.07. The van der Waals surface area contributed by atoms with Crippen molar-refractivity contribution < 1.29 is 39.5 Å². The third-order valence-corrected chi connectivity index (χ3v) is 2.56. The number of aliphatic carboxylic acids is 1. The molecule has 3 heteroatoms. The molecule has 2 nitrogen and oxygen atoms in total. The topological polar surface area (TPSA) is 40.1 Å². The summed E-state index contributed by atoms with van der Waals surface area (Å²) in [6, 6.07) is 0. The molecule has 0 N–H and O–H groups in total. The van der Waals surface area contributed by atoms with Crippen LogP contribution in [0.2, 0.25) is 0 Å². The third kappa shape index (κ3) is 7.83. The number of hydrogen-bond donors (Lipinski definition) is 0. The molecule has 1 aliphatic carbocycles. The van der Waals surface area contributed by atoms with E-state index < -0.39 is 5.97 Å². The van der Waals surface area contributed by atoms with E-state index >= 15 is 0 Å². The Morgan fingerprint density at radius 1 is 1.07 bits per heavy atom. The van der Waals surface area contributed by atoms with Crippen LogP contribution < -0.4 is 34.7 Å². The van der Waals surface area contributed by atoms with Crippen molar-refractivity contribution in [3.8, 4) is 0 Å². The van der Waals surface area contributed by atoms with Gasteiger partial charge in [0.15, 0.2) is 0 Å². The molecule has 0 bridgehead atoms. The number of carboxylic acids is 1. The summed E-state index contributed by atoms with van der Waals surface area (Å²) >= 11 is 0. The first kappa shape index (κ1) is 14.9. The van der Waals surface area contributed by atoms with Gasteiger partial charge in [0, 0.05) is 0 Å². The van der Waals surface area contributed by atoms with Crippen molar-refractivity contribution in [2.24, 2.45) is 0 Å². The van der Waals surface area contributed by atoms with Crippen molar-refractivity contribution in [2.45, 2.75) is 44.9 Å². The minimum absolute atomic E-state index is 0. The van der Waals surface area contributed by atoms with Gasteiger partial charge >= 0.3 is 29.6 Å². The molecule has 0 amide bonds. The van der Waals surface area contributed by atoms with Gasteiger partial charge in [-0.05, 0) is 31.8 Å². The van der Waals surface area contributed by atoms with E-state index in [0.29, 0.717) is 0 Å². The van der Waals surface area contributed by atoms with Crippen molar-refractivity contribution in [1.29, 1.82) is 0 Å². The first-order valence-electron chi connectivity index (χ1n) is 5.36. The summed E-state index contributed by atoms with van der Waals surface area (Å²) in [5.74, 6) is -1.12. The van der Waals surface area contributed by atoms with Crippen LogP contribution in [0, 0.1) is 0 Å². The fraction of sp³-hybridized carbons (Fsp3) is 0.583. The van der Waals surface area contributed by atoms with Gasteiger partial charge < -0.3 is 9.90 Å². The number of rotatable bonds is 2. The van der Waals surface area contributed by atoms with E-state index in [2.05, 4.69) is 0 Å². The monoisotopic (exact) mass is 216 g/mol. The zero-order valence-corrected chi connectivity index (χ0v) is 11.5. The second-order valence-corrected chi connectivity index (χ2v) is 3.77. The molecule has 0 radical (unpaired) electrons. The van der Waals surface area contributed by atoms with Crippen LogP contribution in [0.3, 0.4) is 0 Å². The van der Waals surface area contributed by atoms with Gasteiger partial charge in [0.1, 0.15) is 0 Å². The fourth-order valence-electron chi connectivity index (χ4n) is 1.79. The molecule has 0 atom stereocenters. The fourth-order valence-corrected chi connectivity index (χ4v) is 1.79. The summed E-state index contributed by atoms with van der Waals surface area (Å²) in [4.78, 5) is 10.1. The normalized spacial score (nSPS) is 17.7. The first-order chi connectivity index (χ1) is 6.79. The maximum absolute atomic E-state index is 10.1.